The van der Waals surface area contributed by atoms with Crippen molar-refractivity contribution in [2.45, 2.75) is 142 Å². The lowest BCUT2D eigenvalue weighted by Gasteiger charge is -2.54. The molecule has 21 heteroatoms. The molecule has 358 valence electrons. The van der Waals surface area contributed by atoms with Crippen molar-refractivity contribution in [3.8, 4) is 23.7 Å². The van der Waals surface area contributed by atoms with Gasteiger partial charge in [-0.3, -0.25) is 10.1 Å². The third kappa shape index (κ3) is 12.4. The summed E-state index contributed by atoms with van der Waals surface area (Å²) in [4.78, 5) is 26.9. The Bertz CT molecular complexity index is 1820. The molecule has 0 saturated carbocycles. The Hall–Kier alpha value is -1.45. The number of ether oxygens (including phenoxy) is 8. The van der Waals surface area contributed by atoms with Gasteiger partial charge in [0.25, 0.3) is 0 Å². The van der Waals surface area contributed by atoms with Gasteiger partial charge in [0, 0.05) is 42.9 Å². The van der Waals surface area contributed by atoms with Gasteiger partial charge in [-0.05, 0) is 54.6 Å². The molecular formula is C43H62N2O14S5. The number of Topliss-reactive ketones (excluding diaryl/α,β-unsaturated/α-hetero) is 1. The molecule has 3 heterocycles. The van der Waals surface area contributed by atoms with Crippen LogP contribution in [0.2, 0.25) is 0 Å². The van der Waals surface area contributed by atoms with E-state index in [9.17, 15) is 30.0 Å². The maximum Gasteiger partial charge on any atom is 0.411 e. The number of fused-ring (bicyclic) bond motifs is 2. The molecule has 16 nitrogen and oxygen atoms in total. The van der Waals surface area contributed by atoms with Crippen molar-refractivity contribution < 1.29 is 67.9 Å². The summed E-state index contributed by atoms with van der Waals surface area (Å²) in [6.45, 7) is 7.22. The Morgan fingerprint density at radius 3 is 2.47 bits per heavy atom. The molecule has 0 aromatic heterocycles. The molecule has 0 spiro atoms. The number of amides is 1. The van der Waals surface area contributed by atoms with Crippen LogP contribution in [0.5, 0.6) is 0 Å². The zero-order valence-electron chi connectivity index (χ0n) is 37.5. The summed E-state index contributed by atoms with van der Waals surface area (Å²) in [5, 5.41) is 53.0. The molecule has 0 aromatic rings. The number of hydrogen-bond donors (Lipinski definition) is 6. The van der Waals surface area contributed by atoms with Crippen molar-refractivity contribution in [1.29, 1.82) is 0 Å². The number of ketones is 1. The highest BCUT2D eigenvalue weighted by Gasteiger charge is 2.61. The normalized spacial score (nSPS) is 38.2. The number of aliphatic hydroxyl groups excluding tert-OH is 3. The average molecular weight is 991 g/mol. The molecule has 3 saturated heterocycles. The molecule has 5 aliphatic rings. The monoisotopic (exact) mass is 990 g/mol. The molecule has 6 N–H and O–H groups in total. The van der Waals surface area contributed by atoms with Crippen molar-refractivity contribution in [2.24, 2.45) is 0 Å². The van der Waals surface area contributed by atoms with Gasteiger partial charge in [0.2, 0.25) is 0 Å². The van der Waals surface area contributed by atoms with E-state index in [-0.39, 0.29) is 65.8 Å². The molecule has 3 aliphatic heterocycles. The highest BCUT2D eigenvalue weighted by molar-refractivity contribution is 9.09. The molecule has 0 unspecified atom stereocenters. The number of alkyl carbamates (subject to hydrolysis) is 1. The summed E-state index contributed by atoms with van der Waals surface area (Å²) >= 11 is 2.69. The van der Waals surface area contributed by atoms with Gasteiger partial charge < -0.3 is 63.6 Å². The molecular weight excluding hydrogens is 929 g/mol. The van der Waals surface area contributed by atoms with Gasteiger partial charge >= 0.3 is 6.09 Å². The zero-order valence-corrected chi connectivity index (χ0v) is 41.6. The summed E-state index contributed by atoms with van der Waals surface area (Å²) in [6, 6.07) is -0.0283. The van der Waals surface area contributed by atoms with Gasteiger partial charge in [0.1, 0.15) is 24.4 Å². The second-order valence-electron chi connectivity index (χ2n) is 15.9. The minimum absolute atomic E-state index is 0.0143. The van der Waals surface area contributed by atoms with E-state index in [1.54, 1.807) is 26.4 Å². The molecule has 0 aromatic carbocycles. The first-order chi connectivity index (χ1) is 30.6. The van der Waals surface area contributed by atoms with Crippen LogP contribution >= 0.6 is 54.9 Å². The highest BCUT2D eigenvalue weighted by atomic mass is 33.5. The fraction of sp³-hybridized carbons (Fsp3) is 0.721. The first-order valence-corrected chi connectivity index (χ1v) is 27.5. The molecule has 5 rings (SSSR count). The van der Waals surface area contributed by atoms with Crippen LogP contribution in [-0.2, 0) is 42.7 Å². The van der Waals surface area contributed by atoms with Crippen LogP contribution < -0.4 is 10.6 Å². The molecule has 64 heavy (non-hydrogen) atoms. The molecule has 2 aliphatic carbocycles. The fourth-order valence-corrected chi connectivity index (χ4v) is 13.1. The Labute approximate surface area is 396 Å². The van der Waals surface area contributed by atoms with Crippen LogP contribution in [0.25, 0.3) is 0 Å². The van der Waals surface area contributed by atoms with Gasteiger partial charge in [-0.25, -0.2) is 4.79 Å². The van der Waals surface area contributed by atoms with E-state index >= 15 is 0 Å². The lowest BCUT2D eigenvalue weighted by molar-refractivity contribution is -0.338. The smallest absolute Gasteiger partial charge is 0.411 e. The average Bonchev–Trinajstić information content (AvgIpc) is 3.25. The standard InChI is InChI=1S/C43H62N2O14S5/c1-23(2)44-27-22-54-33(19-31(27)52-5)59-37-39(49)43(61-8,32(21-46)58-34-18-28(47)38(60-7)24(3)55-34)25(4)56-40(37)57-30-14-12-10-11-13-16-42(51)20-29(48)36(45-41(50)53-6)35(30)26(42)15-17-63-64-62-9/h10-11,15,23-25,27-28,30-34,37-40,44,46-47,49,51H,17-22H2,1-9H3,(H,45,50)/b11-10+,26-15-/t24-,25-,27+,28+,30+,31+,32+,33+,34+,37-,38-,39-,40+,42+,43-/m1/s1. The van der Waals surface area contributed by atoms with Crippen molar-refractivity contribution in [3.05, 3.63) is 35.1 Å². The predicted molar refractivity (Wildman–Crippen MR) is 251 cm³/mol. The van der Waals surface area contributed by atoms with Crippen molar-refractivity contribution in [1.82, 2.24) is 10.6 Å². The first kappa shape index (κ1) is 53.5. The number of carbonyl (C=O) groups excluding carboxylic acids is 2. The van der Waals surface area contributed by atoms with Gasteiger partial charge in [-0.2, -0.15) is 23.5 Å². The summed E-state index contributed by atoms with van der Waals surface area (Å²) in [6.07, 6.45) is -2.18. The van der Waals surface area contributed by atoms with Crippen LogP contribution in [0.3, 0.4) is 0 Å². The van der Waals surface area contributed by atoms with E-state index < -0.39 is 90.7 Å². The van der Waals surface area contributed by atoms with E-state index in [1.807, 2.05) is 33.3 Å². The number of thioether (sulfide) groups is 2. The molecule has 1 amide bonds. The van der Waals surface area contributed by atoms with Crippen molar-refractivity contribution in [3.63, 3.8) is 0 Å². The number of hydrogen-bond acceptors (Lipinski definition) is 20. The van der Waals surface area contributed by atoms with Gasteiger partial charge in [-0.1, -0.05) is 65.2 Å². The van der Waals surface area contributed by atoms with Gasteiger partial charge in [0.15, 0.2) is 30.3 Å². The second-order valence-corrected chi connectivity index (χ2v) is 22.5. The molecule has 3 fully saturated rings. The summed E-state index contributed by atoms with van der Waals surface area (Å²) in [7, 11) is 7.28. The molecule has 15 atom stereocenters. The minimum Gasteiger partial charge on any atom is -0.453 e. The van der Waals surface area contributed by atoms with Crippen LogP contribution in [0.1, 0.15) is 47.0 Å². The quantitative estimate of drug-likeness (QED) is 0.0662. The number of carbonyl (C=O) groups is 2. The highest BCUT2D eigenvalue weighted by Crippen LogP contribution is 2.47. The van der Waals surface area contributed by atoms with E-state index in [4.69, 9.17) is 37.9 Å². The van der Waals surface area contributed by atoms with Crippen LogP contribution in [0.15, 0.2) is 35.1 Å². The third-order valence-electron chi connectivity index (χ3n) is 11.6. The minimum atomic E-state index is -2.02. The largest absolute Gasteiger partial charge is 0.453 e. The lowest BCUT2D eigenvalue weighted by atomic mass is 9.75. The molecule has 0 radical (unpaired) electrons. The van der Waals surface area contributed by atoms with Crippen molar-refractivity contribution >= 4 is 66.8 Å². The van der Waals surface area contributed by atoms with E-state index in [2.05, 4.69) is 34.3 Å². The Kier molecular flexibility index (Phi) is 20.7. The first-order valence-electron chi connectivity index (χ1n) is 20.9. The Morgan fingerprint density at radius 2 is 1.83 bits per heavy atom. The van der Waals surface area contributed by atoms with E-state index in [1.165, 1.54) is 67.1 Å². The van der Waals surface area contributed by atoms with Crippen LogP contribution in [0.4, 0.5) is 4.79 Å². The Balaban J connectivity index is 1.61. The SMILES string of the molecule is COC(=O)NC1=C2/C(=C/CSSSC)[C@](O)(C#C/C=C/C#C[C@@H]2O[C@@H]2O[C@H](C)[C@@](SC)([C@H](CO)O[C@H]3C[C@H](O)[C@H](SC)[C@@H](C)O3)[C@H](O)[C@H]2O[C@H]2C[C@H](OC)[C@@H](NC(C)C)CO2)CC1=O. The number of nitrogens with one attached hydrogen (secondary N) is 2. The zero-order chi connectivity index (χ0) is 46.8. The Morgan fingerprint density at radius 1 is 1.08 bits per heavy atom. The van der Waals surface area contributed by atoms with Crippen LogP contribution in [0, 0.1) is 23.7 Å². The number of rotatable bonds is 18. The summed E-state index contributed by atoms with van der Waals surface area (Å²) in [5.74, 6) is 11.3. The number of methoxy groups -OCH3 is 2. The predicted octanol–water partition coefficient (Wildman–Crippen LogP) is 3.17. The topological polar surface area (TPSA) is 213 Å². The third-order valence-corrected chi connectivity index (χ3v) is 18.1. The van der Waals surface area contributed by atoms with Crippen LogP contribution in [-0.4, -0.2) is 180 Å². The second kappa shape index (κ2) is 24.7. The van der Waals surface area contributed by atoms with Gasteiger partial charge in [0.05, 0.1) is 72.9 Å². The lowest BCUT2D eigenvalue weighted by Crippen LogP contribution is -2.71. The maximum absolute atomic E-state index is 14.0. The van der Waals surface area contributed by atoms with Gasteiger partial charge in [-0.15, -0.1) is 0 Å². The maximum atomic E-state index is 14.0. The number of aliphatic hydroxyl groups is 4. The van der Waals surface area contributed by atoms with E-state index in [0.29, 0.717) is 5.75 Å². The van der Waals surface area contributed by atoms with Crippen molar-refractivity contribution in [2.75, 3.05) is 52.0 Å². The summed E-state index contributed by atoms with van der Waals surface area (Å²) < 4.78 is 48.6. The number of allylic oxidation sites excluding steroid dienone is 3. The van der Waals surface area contributed by atoms with E-state index in [0.717, 1.165) is 7.11 Å². The summed E-state index contributed by atoms with van der Waals surface area (Å²) in [5.41, 5.74) is -2.05. The fourth-order valence-electron chi connectivity index (χ4n) is 8.68. The molecule has 2 bridgehead atoms.